The standard InChI is InChI=1S/C32H12BF24.C12H13BrNO/c34-25(35,36)13-1-14(26(37,38)39)6-21(5-13)33(22-7-15(27(40,41)42)2-16(8-22)28(43,44)45,23-9-17(29(46,47)48)3-18(10-23)30(49,50)51)24-11-19(31(52,53)54)4-20(12-24)32(55,56)57;13-7-3-9-15-14-8-6-11-4-1-2-5-12(11)10-14/h1-12H;1-2,4-6,8,10H,3,7,9H2/q-1;+1. The second-order valence-corrected chi connectivity index (χ2v) is 16.3. The summed E-state index contributed by atoms with van der Waals surface area (Å²) in [4.78, 5) is 5.54. The zero-order valence-corrected chi connectivity index (χ0v) is 36.6. The number of hydrogen-bond donors (Lipinski definition) is 0. The van der Waals surface area contributed by atoms with Crippen LogP contribution < -0.4 is 31.4 Å². The van der Waals surface area contributed by atoms with Gasteiger partial charge in [-0.15, -0.1) is 0 Å². The van der Waals surface area contributed by atoms with Gasteiger partial charge in [0.25, 0.3) is 0 Å². The minimum atomic E-state index is -6.13. The third kappa shape index (κ3) is 13.2. The molecule has 0 fully saturated rings. The van der Waals surface area contributed by atoms with Gasteiger partial charge in [0.05, 0.1) is 49.9 Å². The Morgan fingerprint density at radius 2 is 0.611 bits per heavy atom. The quantitative estimate of drug-likeness (QED) is 0.0487. The summed E-state index contributed by atoms with van der Waals surface area (Å²) in [5.74, 6) is 0. The van der Waals surface area contributed by atoms with E-state index in [0.717, 1.165) is 18.4 Å². The molecule has 6 aromatic rings. The summed E-state index contributed by atoms with van der Waals surface area (Å²) >= 11 is 3.37. The number of rotatable bonds is 8. The van der Waals surface area contributed by atoms with Crippen molar-refractivity contribution in [1.29, 1.82) is 0 Å². The molecule has 6 rings (SSSR count). The van der Waals surface area contributed by atoms with Gasteiger partial charge in [0.1, 0.15) is 6.15 Å². The Morgan fingerprint density at radius 1 is 0.361 bits per heavy atom. The predicted molar refractivity (Wildman–Crippen MR) is 214 cm³/mol. The van der Waals surface area contributed by atoms with E-state index in [1.54, 1.807) is 4.73 Å². The highest BCUT2D eigenvalue weighted by Gasteiger charge is 2.47. The van der Waals surface area contributed by atoms with E-state index in [1.165, 1.54) is 10.8 Å². The van der Waals surface area contributed by atoms with Crippen molar-refractivity contribution in [1.82, 2.24) is 0 Å². The molecule has 5 aromatic carbocycles. The number of nitrogens with zero attached hydrogens (tertiary/aromatic N) is 1. The van der Waals surface area contributed by atoms with Gasteiger partial charge in [-0.2, -0.15) is 127 Å². The third-order valence-electron chi connectivity index (χ3n) is 10.6. The summed E-state index contributed by atoms with van der Waals surface area (Å²) < 4.78 is 343. The number of aromatic nitrogens is 1. The molecule has 0 spiro atoms. The van der Waals surface area contributed by atoms with Crippen LogP contribution in [0.2, 0.25) is 0 Å². The molecule has 0 bridgehead atoms. The lowest BCUT2D eigenvalue weighted by Crippen LogP contribution is -2.75. The molecule has 0 saturated heterocycles. The van der Waals surface area contributed by atoms with E-state index in [-0.39, 0.29) is 0 Å². The van der Waals surface area contributed by atoms with Gasteiger partial charge in [0.2, 0.25) is 12.4 Å². The van der Waals surface area contributed by atoms with Crippen LogP contribution in [0.25, 0.3) is 10.8 Å². The van der Waals surface area contributed by atoms with Crippen LogP contribution in [-0.4, -0.2) is 18.1 Å². The molecule has 2 nitrogen and oxygen atoms in total. The maximum Gasteiger partial charge on any atom is 0.416 e. The Bertz CT molecular complexity index is 2450. The fourth-order valence-corrected chi connectivity index (χ4v) is 7.72. The monoisotopic (exact) mass is 1130 g/mol. The first-order chi connectivity index (χ1) is 32.7. The lowest BCUT2D eigenvalue weighted by Gasteiger charge is -2.46. The highest BCUT2D eigenvalue weighted by Crippen LogP contribution is 2.41. The van der Waals surface area contributed by atoms with Crippen LogP contribution in [0.15, 0.2) is 116 Å². The number of fused-ring (bicyclic) bond motifs is 1. The average Bonchev–Trinajstić information content (AvgIpc) is 3.24. The molecular weight excluding hydrogens is 1110 g/mol. The molecule has 28 heteroatoms. The Hall–Kier alpha value is -5.83. The van der Waals surface area contributed by atoms with Gasteiger partial charge < -0.3 is 0 Å². The largest absolute Gasteiger partial charge is 0.416 e. The zero-order chi connectivity index (χ0) is 54.4. The van der Waals surface area contributed by atoms with Gasteiger partial charge in [-0.25, -0.2) is 0 Å². The topological polar surface area (TPSA) is 13.1 Å². The minimum Gasteiger partial charge on any atom is -0.271 e. The van der Waals surface area contributed by atoms with E-state index < -0.39 is 195 Å². The van der Waals surface area contributed by atoms with Crippen LogP contribution in [0.1, 0.15) is 50.9 Å². The summed E-state index contributed by atoms with van der Waals surface area (Å²) in [7, 11) is 0. The molecule has 0 amide bonds. The van der Waals surface area contributed by atoms with Crippen molar-refractivity contribution in [2.24, 2.45) is 0 Å². The second-order valence-electron chi connectivity index (χ2n) is 15.5. The molecular formula is C44H25BBrF24NO. The molecule has 0 atom stereocenters. The fourth-order valence-electron chi connectivity index (χ4n) is 7.49. The maximum atomic E-state index is 14.2. The van der Waals surface area contributed by atoms with Gasteiger partial charge in [-0.05, 0) is 42.1 Å². The molecule has 1 aromatic heterocycles. The predicted octanol–water partition coefficient (Wildman–Crippen LogP) is 13.6. The van der Waals surface area contributed by atoms with E-state index in [9.17, 15) is 105 Å². The number of halogens is 25. The molecule has 0 N–H and O–H groups in total. The van der Waals surface area contributed by atoms with Gasteiger partial charge >= 0.3 is 49.4 Å². The van der Waals surface area contributed by atoms with E-state index >= 15 is 0 Å². The lowest BCUT2D eigenvalue weighted by molar-refractivity contribution is -0.890. The van der Waals surface area contributed by atoms with Crippen LogP contribution >= 0.6 is 15.9 Å². The molecule has 72 heavy (non-hydrogen) atoms. The SMILES string of the molecule is BrCCCO[n+]1ccc2ccccc2c1.FC(F)(F)c1cc([B-](c2cc(C(F)(F)F)cc(C(F)(F)F)c2)(c2cc(C(F)(F)F)cc(C(F)(F)F)c2)c2cc(C(F)(F)F)cc(C(F)(F)F)c2)cc(C(F)(F)F)c1. The van der Waals surface area contributed by atoms with Crippen molar-refractivity contribution in [3.05, 3.63) is 160 Å². The first kappa shape index (κ1) is 57.1. The van der Waals surface area contributed by atoms with Crippen LogP contribution in [0.3, 0.4) is 0 Å². The Kier molecular flexibility index (Phi) is 15.8. The van der Waals surface area contributed by atoms with E-state index in [1.807, 2.05) is 24.5 Å². The van der Waals surface area contributed by atoms with E-state index in [0.29, 0.717) is 0 Å². The smallest absolute Gasteiger partial charge is 0.271 e. The number of alkyl halides is 25. The Labute approximate surface area is 396 Å². The van der Waals surface area contributed by atoms with Gasteiger partial charge in [0, 0.05) is 16.1 Å². The van der Waals surface area contributed by atoms with Crippen LogP contribution in [0, 0.1) is 0 Å². The van der Waals surface area contributed by atoms with Crippen molar-refractivity contribution in [3.63, 3.8) is 0 Å². The van der Waals surface area contributed by atoms with Crippen molar-refractivity contribution >= 4 is 54.7 Å². The summed E-state index contributed by atoms with van der Waals surface area (Å²) in [6, 6.07) is 1.50. The van der Waals surface area contributed by atoms with Gasteiger partial charge in [0.15, 0.2) is 6.61 Å². The maximum absolute atomic E-state index is 14.2. The van der Waals surface area contributed by atoms with Crippen LogP contribution in [0.4, 0.5) is 105 Å². The van der Waals surface area contributed by atoms with Crippen molar-refractivity contribution in [2.75, 3.05) is 11.9 Å². The van der Waals surface area contributed by atoms with Crippen molar-refractivity contribution < 1.29 is 115 Å². The summed E-state index contributed by atoms with van der Waals surface area (Å²) in [6.45, 7) is 0.730. The molecule has 390 valence electrons. The zero-order valence-electron chi connectivity index (χ0n) is 35.0. The van der Waals surface area contributed by atoms with Gasteiger partial charge in [-0.3, -0.25) is 4.84 Å². The van der Waals surface area contributed by atoms with E-state index in [2.05, 4.69) is 34.1 Å². The Balaban J connectivity index is 0.000000542. The van der Waals surface area contributed by atoms with Crippen molar-refractivity contribution in [2.45, 2.75) is 55.8 Å². The first-order valence-corrected chi connectivity index (χ1v) is 20.7. The summed E-state index contributed by atoms with van der Waals surface area (Å²) in [5, 5.41) is 3.40. The van der Waals surface area contributed by atoms with Crippen LogP contribution in [-0.2, 0) is 49.4 Å². The first-order valence-electron chi connectivity index (χ1n) is 19.6. The second kappa shape index (κ2) is 19.9. The van der Waals surface area contributed by atoms with E-state index in [4.69, 9.17) is 4.84 Å². The van der Waals surface area contributed by atoms with Crippen LogP contribution in [0.5, 0.6) is 0 Å². The number of benzene rings is 5. The molecule has 0 unspecified atom stereocenters. The fraction of sp³-hybridized carbons (Fsp3) is 0.250. The normalized spacial score (nSPS) is 13.5. The summed E-state index contributed by atoms with van der Waals surface area (Å²) in [5.41, 5.74) is -30.2. The third-order valence-corrected chi connectivity index (χ3v) is 11.2. The minimum absolute atomic E-state index is 0.691. The molecule has 0 aliphatic heterocycles. The molecule has 1 heterocycles. The molecule has 0 radical (unpaired) electrons. The van der Waals surface area contributed by atoms with Gasteiger partial charge in [-0.1, -0.05) is 82.7 Å². The average molecular weight is 1130 g/mol. The molecule has 0 saturated carbocycles. The summed E-state index contributed by atoms with van der Waals surface area (Å²) in [6.07, 6.45) is -49.8. The number of pyridine rings is 1. The molecule has 0 aliphatic rings. The Morgan fingerprint density at radius 3 is 0.847 bits per heavy atom. The highest BCUT2D eigenvalue weighted by molar-refractivity contribution is 9.09. The lowest BCUT2D eigenvalue weighted by atomic mass is 9.12. The highest BCUT2D eigenvalue weighted by atomic mass is 79.9. The number of hydrogen-bond acceptors (Lipinski definition) is 1. The van der Waals surface area contributed by atoms with Crippen molar-refractivity contribution in [3.8, 4) is 0 Å². The molecule has 0 aliphatic carbocycles.